The van der Waals surface area contributed by atoms with Gasteiger partial charge in [0.15, 0.2) is 0 Å². The van der Waals surface area contributed by atoms with Gasteiger partial charge in [0.1, 0.15) is 13.2 Å². The molecule has 0 rings (SSSR count). The first-order valence-electron chi connectivity index (χ1n) is 6.27. The molecule has 0 aliphatic rings. The normalized spacial score (nSPS) is 18.6. The van der Waals surface area contributed by atoms with Gasteiger partial charge in [0.2, 0.25) is 0 Å². The minimum atomic E-state index is -4.35. The first kappa shape index (κ1) is 18.8. The van der Waals surface area contributed by atoms with Crippen molar-refractivity contribution in [2.45, 2.75) is 19.4 Å². The molecule has 3 unspecified atom stereocenters. The summed E-state index contributed by atoms with van der Waals surface area (Å²) >= 11 is 0. The highest BCUT2D eigenvalue weighted by Gasteiger charge is 2.23. The highest BCUT2D eigenvalue weighted by atomic mass is 31.2. The van der Waals surface area contributed by atoms with Crippen molar-refractivity contribution in [2.24, 2.45) is 5.92 Å². The fraction of sp³-hybridized carbons (Fsp3) is 0.833. The number of quaternary nitrogens is 1. The minimum absolute atomic E-state index is 0.0680. The lowest BCUT2D eigenvalue weighted by Gasteiger charge is -2.31. The molecule has 0 aliphatic carbocycles. The number of aliphatic hydroxyl groups excluding tert-OH is 1. The lowest BCUT2D eigenvalue weighted by atomic mass is 10.0. The van der Waals surface area contributed by atoms with Crippen molar-refractivity contribution in [3.63, 3.8) is 0 Å². The number of phosphoric ester groups is 1. The number of hydrogen-bond acceptors (Lipinski definition) is 5. The SMILES string of the molecule is C=CCC(OP(=O)([O-])OCC[N+](C)(C)C)C(C)CO. The molecular weight excluding hydrogens is 269 g/mol. The topological polar surface area (TPSA) is 78.8 Å². The van der Waals surface area contributed by atoms with Gasteiger partial charge >= 0.3 is 0 Å². The molecule has 114 valence electrons. The number of phosphoric acid groups is 1. The van der Waals surface area contributed by atoms with Crippen LogP contribution in [-0.4, -0.2) is 56.6 Å². The minimum Gasteiger partial charge on any atom is -0.756 e. The molecular formula is C12H26NO5P. The molecule has 0 heterocycles. The molecule has 7 heteroatoms. The summed E-state index contributed by atoms with van der Waals surface area (Å²) in [4.78, 5) is 11.7. The van der Waals surface area contributed by atoms with E-state index >= 15 is 0 Å². The molecule has 0 spiro atoms. The number of likely N-dealkylation sites (N-methyl/N-ethyl adjacent to an activating group) is 1. The van der Waals surface area contributed by atoms with E-state index in [2.05, 4.69) is 6.58 Å². The van der Waals surface area contributed by atoms with Crippen molar-refractivity contribution in [3.05, 3.63) is 12.7 Å². The summed E-state index contributed by atoms with van der Waals surface area (Å²) in [5.74, 6) is -0.303. The molecule has 0 aromatic heterocycles. The van der Waals surface area contributed by atoms with E-state index in [1.54, 1.807) is 13.0 Å². The highest BCUT2D eigenvalue weighted by molar-refractivity contribution is 7.45. The molecule has 0 fully saturated rings. The third-order valence-corrected chi connectivity index (χ3v) is 3.63. The highest BCUT2D eigenvalue weighted by Crippen LogP contribution is 2.41. The van der Waals surface area contributed by atoms with Crippen LogP contribution in [-0.2, 0) is 13.6 Å². The monoisotopic (exact) mass is 295 g/mol. The summed E-state index contributed by atoms with van der Waals surface area (Å²) in [7, 11) is 1.47. The van der Waals surface area contributed by atoms with Crippen molar-refractivity contribution >= 4 is 7.82 Å². The third-order valence-electron chi connectivity index (χ3n) is 2.60. The van der Waals surface area contributed by atoms with Crippen LogP contribution in [0.4, 0.5) is 0 Å². The smallest absolute Gasteiger partial charge is 0.268 e. The molecule has 0 aromatic carbocycles. The van der Waals surface area contributed by atoms with Crippen molar-refractivity contribution < 1.29 is 28.1 Å². The van der Waals surface area contributed by atoms with Crippen LogP contribution in [0.15, 0.2) is 12.7 Å². The van der Waals surface area contributed by atoms with Crippen molar-refractivity contribution in [1.29, 1.82) is 0 Å². The van der Waals surface area contributed by atoms with Crippen LogP contribution in [0.25, 0.3) is 0 Å². The van der Waals surface area contributed by atoms with E-state index in [0.717, 1.165) is 0 Å². The van der Waals surface area contributed by atoms with Crippen LogP contribution in [0.2, 0.25) is 0 Å². The van der Waals surface area contributed by atoms with E-state index in [1.165, 1.54) is 0 Å². The van der Waals surface area contributed by atoms with Gasteiger partial charge in [-0.15, -0.1) is 6.58 Å². The van der Waals surface area contributed by atoms with E-state index < -0.39 is 13.9 Å². The standard InChI is InChI=1S/C12H26NO5P/c1-6-7-12(11(2)10-14)18-19(15,16)17-9-8-13(3,4)5/h6,11-12,14H,1,7-10H2,2-5H3. The maximum atomic E-state index is 11.7. The molecule has 6 nitrogen and oxygen atoms in total. The first-order valence-corrected chi connectivity index (χ1v) is 7.73. The fourth-order valence-corrected chi connectivity index (χ4v) is 2.28. The van der Waals surface area contributed by atoms with Gasteiger partial charge in [-0.1, -0.05) is 13.0 Å². The third kappa shape index (κ3) is 9.32. The Hall–Kier alpha value is -0.230. The Morgan fingerprint density at radius 3 is 2.47 bits per heavy atom. The molecule has 19 heavy (non-hydrogen) atoms. The maximum Gasteiger partial charge on any atom is 0.268 e. The average molecular weight is 295 g/mol. The first-order chi connectivity index (χ1) is 8.61. The number of aliphatic hydroxyl groups is 1. The van der Waals surface area contributed by atoms with Gasteiger partial charge in [0.05, 0.1) is 27.2 Å². The second-order valence-electron chi connectivity index (χ2n) is 5.62. The summed E-state index contributed by atoms with van der Waals surface area (Å²) in [6, 6.07) is 0. The Kier molecular flexibility index (Phi) is 8.05. The predicted octanol–water partition coefficient (Wildman–Crippen LogP) is 0.767. The Morgan fingerprint density at radius 2 is 2.05 bits per heavy atom. The van der Waals surface area contributed by atoms with Crippen molar-refractivity contribution in [3.8, 4) is 0 Å². The quantitative estimate of drug-likeness (QED) is 0.366. The van der Waals surface area contributed by atoms with Crippen molar-refractivity contribution in [2.75, 3.05) is 40.9 Å². The zero-order chi connectivity index (χ0) is 15.1. The lowest BCUT2D eigenvalue weighted by molar-refractivity contribution is -0.870. The largest absolute Gasteiger partial charge is 0.756 e. The number of rotatable bonds is 10. The molecule has 1 N–H and O–H groups in total. The zero-order valence-electron chi connectivity index (χ0n) is 12.2. The van der Waals surface area contributed by atoms with Crippen LogP contribution in [0, 0.1) is 5.92 Å². The molecule has 0 aliphatic heterocycles. The van der Waals surface area contributed by atoms with Gasteiger partial charge in [-0.3, -0.25) is 4.57 Å². The molecule has 0 amide bonds. The van der Waals surface area contributed by atoms with Crippen LogP contribution in [0.5, 0.6) is 0 Å². The maximum absolute atomic E-state index is 11.7. The Morgan fingerprint density at radius 1 is 1.47 bits per heavy atom. The van der Waals surface area contributed by atoms with E-state index in [-0.39, 0.29) is 19.1 Å². The van der Waals surface area contributed by atoms with Crippen LogP contribution < -0.4 is 4.89 Å². The van der Waals surface area contributed by atoms with Crippen LogP contribution >= 0.6 is 7.82 Å². The molecule has 0 saturated heterocycles. The van der Waals surface area contributed by atoms with Crippen LogP contribution in [0.3, 0.4) is 0 Å². The van der Waals surface area contributed by atoms with E-state index in [1.807, 2.05) is 21.1 Å². The Labute approximate surface area is 115 Å². The van der Waals surface area contributed by atoms with Gasteiger partial charge < -0.3 is 23.5 Å². The second-order valence-corrected chi connectivity index (χ2v) is 6.99. The van der Waals surface area contributed by atoms with Gasteiger partial charge in [-0.05, 0) is 6.42 Å². The Balaban J connectivity index is 4.38. The predicted molar refractivity (Wildman–Crippen MR) is 72.4 cm³/mol. The van der Waals surface area contributed by atoms with Gasteiger partial charge in [0, 0.05) is 12.5 Å². The molecule has 0 bridgehead atoms. The zero-order valence-corrected chi connectivity index (χ0v) is 13.1. The Bertz CT molecular complexity index is 316. The van der Waals surface area contributed by atoms with Crippen molar-refractivity contribution in [1.82, 2.24) is 0 Å². The molecule has 0 saturated carbocycles. The summed E-state index contributed by atoms with van der Waals surface area (Å²) in [6.07, 6.45) is 1.25. The number of nitrogens with zero attached hydrogens (tertiary/aromatic N) is 1. The van der Waals surface area contributed by atoms with Gasteiger partial charge in [-0.2, -0.15) is 0 Å². The number of hydrogen-bond donors (Lipinski definition) is 1. The van der Waals surface area contributed by atoms with Crippen LogP contribution in [0.1, 0.15) is 13.3 Å². The molecule has 0 aromatic rings. The second kappa shape index (κ2) is 8.15. The molecule has 0 radical (unpaired) electrons. The van der Waals surface area contributed by atoms with Gasteiger partial charge in [0.25, 0.3) is 7.82 Å². The fourth-order valence-electron chi connectivity index (χ4n) is 1.28. The van der Waals surface area contributed by atoms with E-state index in [4.69, 9.17) is 14.2 Å². The van der Waals surface area contributed by atoms with E-state index in [0.29, 0.717) is 17.4 Å². The average Bonchev–Trinajstić information content (AvgIpc) is 2.25. The van der Waals surface area contributed by atoms with E-state index in [9.17, 15) is 9.46 Å². The summed E-state index contributed by atoms with van der Waals surface area (Å²) in [6.45, 7) is 5.72. The molecule has 3 atom stereocenters. The summed E-state index contributed by atoms with van der Waals surface area (Å²) in [5.41, 5.74) is 0. The lowest BCUT2D eigenvalue weighted by Crippen LogP contribution is -2.37. The summed E-state index contributed by atoms with van der Waals surface area (Å²) < 4.78 is 22.1. The van der Waals surface area contributed by atoms with Gasteiger partial charge in [-0.25, -0.2) is 0 Å². The summed E-state index contributed by atoms with van der Waals surface area (Å²) in [5, 5.41) is 9.06.